The van der Waals surface area contributed by atoms with E-state index in [1.54, 1.807) is 32.9 Å². The Morgan fingerprint density at radius 1 is 1.14 bits per heavy atom. The van der Waals surface area contributed by atoms with Crippen LogP contribution < -0.4 is 0 Å². The Morgan fingerprint density at radius 3 is 2.24 bits per heavy atom. The van der Waals surface area contributed by atoms with Crippen LogP contribution in [0.2, 0.25) is 0 Å². The van der Waals surface area contributed by atoms with Gasteiger partial charge < -0.3 is 4.74 Å². The van der Waals surface area contributed by atoms with Crippen LogP contribution in [0.5, 0.6) is 0 Å². The average Bonchev–Trinajstić information content (AvgIpc) is 2.36. The molecule has 1 aromatic carbocycles. The molecule has 0 N–H and O–H groups in total. The summed E-state index contributed by atoms with van der Waals surface area (Å²) in [5.41, 5.74) is 1.24. The van der Waals surface area contributed by atoms with Gasteiger partial charge in [-0.25, -0.2) is 9.00 Å². The van der Waals surface area contributed by atoms with Crippen molar-refractivity contribution in [1.29, 1.82) is 0 Å². The predicted octanol–water partition coefficient (Wildman–Crippen LogP) is 3.63. The third-order valence-corrected chi connectivity index (χ3v) is 4.10. The third kappa shape index (κ3) is 5.08. The minimum Gasteiger partial charge on any atom is -0.410 e. The first-order valence-corrected chi connectivity index (χ1v) is 7.89. The highest BCUT2D eigenvalue weighted by atomic mass is 32.2. The molecule has 0 amide bonds. The van der Waals surface area contributed by atoms with Crippen LogP contribution in [0, 0.1) is 0 Å². The van der Waals surface area contributed by atoms with Crippen LogP contribution in [-0.2, 0) is 21.1 Å². The third-order valence-electron chi connectivity index (χ3n) is 2.78. The maximum absolute atomic E-state index is 12.1. The molecule has 0 bridgehead atoms. The van der Waals surface area contributed by atoms with E-state index >= 15 is 0 Å². The summed E-state index contributed by atoms with van der Waals surface area (Å²) in [7, 11) is -1.44. The lowest BCUT2D eigenvalue weighted by Gasteiger charge is -2.21. The van der Waals surface area contributed by atoms with Gasteiger partial charge in [-0.05, 0) is 37.8 Å². The van der Waals surface area contributed by atoms with Crippen LogP contribution in [0.25, 0.3) is 0 Å². The fraction of sp³-hybridized carbons (Fsp3) is 0.500. The van der Waals surface area contributed by atoms with E-state index in [2.05, 4.69) is 4.40 Å². The fourth-order valence-electron chi connectivity index (χ4n) is 1.65. The lowest BCUT2D eigenvalue weighted by molar-refractivity contribution is 0.0726. The molecule has 0 fully saturated rings. The quantitative estimate of drug-likeness (QED) is 0.487. The predicted molar refractivity (Wildman–Crippen MR) is 86.9 cm³/mol. The molecule has 0 aromatic heterocycles. The summed E-state index contributed by atoms with van der Waals surface area (Å²) >= 11 is 0. The average molecular weight is 309 g/mol. The Bertz CT molecular complexity index is 566. The topological polar surface area (TPSA) is 55.7 Å². The fourth-order valence-corrected chi connectivity index (χ4v) is 2.08. The highest BCUT2D eigenvalue weighted by molar-refractivity contribution is 7.85. The highest BCUT2D eigenvalue weighted by Crippen LogP contribution is 2.26. The molecule has 0 aliphatic carbocycles. The van der Waals surface area contributed by atoms with Crippen molar-refractivity contribution in [3.63, 3.8) is 0 Å². The SMILES string of the molecule is CC(C)(C)c1ccccc1C(=O)OC=N[S@](=O)C(C)(C)C. The van der Waals surface area contributed by atoms with Gasteiger partial charge in [0.2, 0.25) is 0 Å². The molecule has 21 heavy (non-hydrogen) atoms. The standard InChI is InChI=1S/C16H23NO3S/c1-15(2,3)13-10-8-7-9-12(13)14(18)20-11-17-21(19)16(4,5)6/h7-11H,1-6H3/t21-/m1/s1. The van der Waals surface area contributed by atoms with Crippen LogP contribution >= 0.6 is 0 Å². The summed E-state index contributed by atoms with van der Waals surface area (Å²) in [6.07, 6.45) is 0.975. The number of hydrogen-bond donors (Lipinski definition) is 0. The van der Waals surface area contributed by atoms with Gasteiger partial charge >= 0.3 is 5.97 Å². The number of benzene rings is 1. The normalized spacial score (nSPS) is 14.2. The van der Waals surface area contributed by atoms with Crippen LogP contribution in [0.15, 0.2) is 28.7 Å². The van der Waals surface area contributed by atoms with Crippen LogP contribution in [0.3, 0.4) is 0 Å². The van der Waals surface area contributed by atoms with Gasteiger partial charge in [-0.3, -0.25) is 0 Å². The molecule has 0 saturated heterocycles. The summed E-state index contributed by atoms with van der Waals surface area (Å²) in [4.78, 5) is 12.1. The monoisotopic (exact) mass is 309 g/mol. The molecular weight excluding hydrogens is 286 g/mol. The van der Waals surface area contributed by atoms with Crippen LogP contribution in [-0.4, -0.2) is 21.3 Å². The van der Waals surface area contributed by atoms with E-state index in [0.29, 0.717) is 5.56 Å². The molecule has 1 rings (SSSR count). The van der Waals surface area contributed by atoms with Crippen molar-refractivity contribution in [2.45, 2.75) is 51.7 Å². The maximum atomic E-state index is 12.1. The minimum atomic E-state index is -1.44. The van der Waals surface area contributed by atoms with Crippen molar-refractivity contribution in [1.82, 2.24) is 0 Å². The van der Waals surface area contributed by atoms with Gasteiger partial charge in [0.15, 0.2) is 6.40 Å². The molecule has 4 nitrogen and oxygen atoms in total. The molecule has 0 saturated carbocycles. The molecule has 1 atom stereocenters. The lowest BCUT2D eigenvalue weighted by Crippen LogP contribution is -2.20. The highest BCUT2D eigenvalue weighted by Gasteiger charge is 2.22. The summed E-state index contributed by atoms with van der Waals surface area (Å²) in [5, 5.41) is 0. The van der Waals surface area contributed by atoms with Crippen molar-refractivity contribution in [3.05, 3.63) is 35.4 Å². The van der Waals surface area contributed by atoms with Gasteiger partial charge in [-0.15, -0.1) is 0 Å². The van der Waals surface area contributed by atoms with Crippen molar-refractivity contribution >= 4 is 23.4 Å². The zero-order valence-corrected chi connectivity index (χ0v) is 14.3. The molecule has 0 radical (unpaired) electrons. The summed E-state index contributed by atoms with van der Waals surface area (Å²) < 4.78 is 20.0. The summed E-state index contributed by atoms with van der Waals surface area (Å²) in [6, 6.07) is 7.30. The second-order valence-electron chi connectivity index (χ2n) is 6.77. The van der Waals surface area contributed by atoms with Gasteiger partial charge in [-0.1, -0.05) is 39.0 Å². The number of ether oxygens (including phenoxy) is 1. The smallest absolute Gasteiger partial charge is 0.344 e. The molecule has 5 heteroatoms. The Labute approximate surface area is 129 Å². The number of carbonyl (C=O) groups is 1. The largest absolute Gasteiger partial charge is 0.410 e. The van der Waals surface area contributed by atoms with Crippen molar-refractivity contribution in [2.75, 3.05) is 0 Å². The number of esters is 1. The Balaban J connectivity index is 2.88. The summed E-state index contributed by atoms with van der Waals surface area (Å²) in [5.74, 6) is -0.491. The molecule has 0 aliphatic heterocycles. The van der Waals surface area contributed by atoms with E-state index < -0.39 is 21.7 Å². The molecule has 1 aromatic rings. The second-order valence-corrected chi connectivity index (χ2v) is 8.71. The second kappa shape index (κ2) is 6.52. The zero-order chi connectivity index (χ0) is 16.3. The van der Waals surface area contributed by atoms with E-state index in [-0.39, 0.29) is 5.41 Å². The Morgan fingerprint density at radius 2 is 1.71 bits per heavy atom. The van der Waals surface area contributed by atoms with Gasteiger partial charge in [0.1, 0.15) is 11.0 Å². The van der Waals surface area contributed by atoms with E-state index in [1.807, 2.05) is 32.9 Å². The van der Waals surface area contributed by atoms with Crippen molar-refractivity contribution in [2.24, 2.45) is 4.40 Å². The van der Waals surface area contributed by atoms with E-state index in [4.69, 9.17) is 4.74 Å². The Hall–Kier alpha value is -1.49. The lowest BCUT2D eigenvalue weighted by atomic mass is 9.84. The van der Waals surface area contributed by atoms with Gasteiger partial charge in [0.05, 0.1) is 10.3 Å². The molecule has 0 unspecified atom stereocenters. The van der Waals surface area contributed by atoms with Gasteiger partial charge in [0, 0.05) is 0 Å². The molecule has 0 spiro atoms. The van der Waals surface area contributed by atoms with Gasteiger partial charge in [0.25, 0.3) is 0 Å². The summed E-state index contributed by atoms with van der Waals surface area (Å²) in [6.45, 7) is 11.5. The van der Waals surface area contributed by atoms with E-state index in [9.17, 15) is 9.00 Å². The maximum Gasteiger partial charge on any atom is 0.344 e. The van der Waals surface area contributed by atoms with Crippen molar-refractivity contribution in [3.8, 4) is 0 Å². The van der Waals surface area contributed by atoms with Crippen LogP contribution in [0.1, 0.15) is 57.5 Å². The number of rotatable bonds is 3. The minimum absolute atomic E-state index is 0.166. The first-order chi connectivity index (χ1) is 9.53. The van der Waals surface area contributed by atoms with Crippen LogP contribution in [0.4, 0.5) is 0 Å². The Kier molecular flexibility index (Phi) is 5.45. The van der Waals surface area contributed by atoms with E-state index in [1.165, 1.54) is 0 Å². The zero-order valence-electron chi connectivity index (χ0n) is 13.5. The van der Waals surface area contributed by atoms with Crippen molar-refractivity contribution < 1.29 is 13.7 Å². The van der Waals surface area contributed by atoms with Gasteiger partial charge in [-0.2, -0.15) is 4.40 Å². The molecule has 0 aliphatic rings. The first kappa shape index (κ1) is 17.6. The number of nitrogens with zero attached hydrogens (tertiary/aromatic N) is 1. The molecule has 116 valence electrons. The number of carbonyl (C=O) groups excluding carboxylic acids is 1. The first-order valence-electron chi connectivity index (χ1n) is 6.78. The van der Waals surface area contributed by atoms with E-state index in [0.717, 1.165) is 12.0 Å². The molecular formula is C16H23NO3S. The number of hydrogen-bond acceptors (Lipinski definition) is 3. The molecule has 0 heterocycles.